The number of benzene rings is 1. The summed E-state index contributed by atoms with van der Waals surface area (Å²) in [4.78, 5) is 2.31. The minimum atomic E-state index is -3.64. The maximum Gasteiger partial charge on any atom is 0.240 e. The van der Waals surface area contributed by atoms with Crippen molar-refractivity contribution in [1.82, 2.24) is 9.62 Å². The predicted molar refractivity (Wildman–Crippen MR) is 81.4 cm³/mol. The molecule has 1 aliphatic rings. The average Bonchev–Trinajstić information content (AvgIpc) is 2.48. The van der Waals surface area contributed by atoms with Crippen molar-refractivity contribution in [3.8, 4) is 0 Å². The third-order valence-electron chi connectivity index (χ3n) is 3.81. The van der Waals surface area contributed by atoms with Crippen LogP contribution in [0.3, 0.4) is 0 Å². The molecule has 0 aromatic heterocycles. The van der Waals surface area contributed by atoms with Crippen LogP contribution in [0.2, 0.25) is 5.02 Å². The Labute approximate surface area is 130 Å². The summed E-state index contributed by atoms with van der Waals surface area (Å²) in [6.45, 7) is 5.47. The highest BCUT2D eigenvalue weighted by molar-refractivity contribution is 7.89. The number of nitrogens with one attached hydrogen (secondary N) is 1. The number of hydrogen-bond acceptors (Lipinski definition) is 3. The molecule has 0 aliphatic carbocycles. The molecule has 1 unspecified atom stereocenters. The molecule has 0 saturated carbocycles. The van der Waals surface area contributed by atoms with Crippen molar-refractivity contribution < 1.29 is 12.8 Å². The van der Waals surface area contributed by atoms with Crippen LogP contribution in [0.4, 0.5) is 4.39 Å². The van der Waals surface area contributed by atoms with Gasteiger partial charge in [0.05, 0.1) is 9.92 Å². The maximum absolute atomic E-state index is 13.1. The van der Waals surface area contributed by atoms with Gasteiger partial charge in [-0.2, -0.15) is 0 Å². The molecular formula is C14H20ClFN2O2S. The van der Waals surface area contributed by atoms with E-state index >= 15 is 0 Å². The minimum Gasteiger partial charge on any atom is -0.303 e. The third-order valence-corrected chi connectivity index (χ3v) is 5.52. The molecule has 0 radical (unpaired) electrons. The van der Waals surface area contributed by atoms with Gasteiger partial charge in [-0.05, 0) is 50.0 Å². The van der Waals surface area contributed by atoms with Gasteiger partial charge in [0.2, 0.25) is 10.0 Å². The average molecular weight is 335 g/mol. The second-order valence-electron chi connectivity index (χ2n) is 5.33. The van der Waals surface area contributed by atoms with Crippen LogP contribution in [-0.4, -0.2) is 39.5 Å². The molecule has 118 valence electrons. The van der Waals surface area contributed by atoms with E-state index < -0.39 is 15.8 Å². The highest BCUT2D eigenvalue weighted by atomic mass is 35.5. The van der Waals surface area contributed by atoms with E-state index in [4.69, 9.17) is 11.6 Å². The molecule has 0 amide bonds. The lowest BCUT2D eigenvalue weighted by atomic mass is 9.98. The van der Waals surface area contributed by atoms with E-state index in [2.05, 4.69) is 16.5 Å². The molecular weight excluding hydrogens is 315 g/mol. The smallest absolute Gasteiger partial charge is 0.240 e. The van der Waals surface area contributed by atoms with Crippen molar-refractivity contribution in [2.45, 2.75) is 24.7 Å². The summed E-state index contributed by atoms with van der Waals surface area (Å²) in [7, 11) is -3.64. The standard InChI is InChI=1S/C14H20ClFN2O2S/c1-2-18-7-3-4-11(10-18)9-17-21(19,20)12-5-6-14(16)13(15)8-12/h5-6,8,11,17H,2-4,7,9-10H2,1H3. The van der Waals surface area contributed by atoms with E-state index in [-0.39, 0.29) is 9.92 Å². The van der Waals surface area contributed by atoms with Crippen molar-refractivity contribution in [1.29, 1.82) is 0 Å². The molecule has 1 aromatic carbocycles. The van der Waals surface area contributed by atoms with Crippen LogP contribution in [0.25, 0.3) is 0 Å². The van der Waals surface area contributed by atoms with Crippen LogP contribution in [0.1, 0.15) is 19.8 Å². The predicted octanol–water partition coefficient (Wildman–Crippen LogP) is 2.49. The fraction of sp³-hybridized carbons (Fsp3) is 0.571. The molecule has 7 heteroatoms. The van der Waals surface area contributed by atoms with Crippen LogP contribution < -0.4 is 4.72 Å². The Morgan fingerprint density at radius 2 is 2.24 bits per heavy atom. The van der Waals surface area contributed by atoms with Crippen molar-refractivity contribution in [3.05, 3.63) is 29.0 Å². The number of hydrogen-bond donors (Lipinski definition) is 1. The summed E-state index contributed by atoms with van der Waals surface area (Å²) in [6, 6.07) is 3.43. The number of sulfonamides is 1. The largest absolute Gasteiger partial charge is 0.303 e. The second-order valence-corrected chi connectivity index (χ2v) is 7.50. The number of rotatable bonds is 5. The molecule has 0 spiro atoms. The SMILES string of the molecule is CCN1CCCC(CNS(=O)(=O)c2ccc(F)c(Cl)c2)C1. The summed E-state index contributed by atoms with van der Waals surface area (Å²) in [5.74, 6) is -0.314. The molecule has 2 rings (SSSR count). The van der Waals surface area contributed by atoms with Crippen molar-refractivity contribution >= 4 is 21.6 Å². The summed E-state index contributed by atoms with van der Waals surface area (Å²) in [5.41, 5.74) is 0. The van der Waals surface area contributed by atoms with Crippen LogP contribution >= 0.6 is 11.6 Å². The molecule has 1 aromatic rings. The van der Waals surface area contributed by atoms with Gasteiger partial charge in [-0.3, -0.25) is 0 Å². The molecule has 0 bridgehead atoms. The molecule has 4 nitrogen and oxygen atoms in total. The number of likely N-dealkylation sites (tertiary alicyclic amines) is 1. The summed E-state index contributed by atoms with van der Waals surface area (Å²) < 4.78 is 40.1. The Bertz CT molecular complexity index is 595. The Kier molecular flexibility index (Phi) is 5.60. The third kappa shape index (κ3) is 4.39. The molecule has 21 heavy (non-hydrogen) atoms. The van der Waals surface area contributed by atoms with Crippen molar-refractivity contribution in [2.75, 3.05) is 26.2 Å². The van der Waals surface area contributed by atoms with E-state index in [1.807, 2.05) is 0 Å². The highest BCUT2D eigenvalue weighted by Crippen LogP contribution is 2.20. The van der Waals surface area contributed by atoms with E-state index in [1.165, 1.54) is 6.07 Å². The first-order chi connectivity index (χ1) is 9.92. The molecule has 1 aliphatic heterocycles. The molecule has 1 atom stereocenters. The Hall–Kier alpha value is -0.690. The van der Waals surface area contributed by atoms with Gasteiger partial charge in [0, 0.05) is 13.1 Å². The van der Waals surface area contributed by atoms with Gasteiger partial charge in [0.15, 0.2) is 0 Å². The fourth-order valence-corrected chi connectivity index (χ4v) is 3.95. The topological polar surface area (TPSA) is 49.4 Å². The Morgan fingerprint density at radius 3 is 2.90 bits per heavy atom. The summed E-state index contributed by atoms with van der Waals surface area (Å²) in [6.07, 6.45) is 2.10. The van der Waals surface area contributed by atoms with E-state index in [0.717, 1.165) is 44.6 Å². The monoisotopic (exact) mass is 334 g/mol. The van der Waals surface area contributed by atoms with Crippen molar-refractivity contribution in [3.63, 3.8) is 0 Å². The van der Waals surface area contributed by atoms with Gasteiger partial charge in [-0.1, -0.05) is 18.5 Å². The Balaban J connectivity index is 1.99. The maximum atomic E-state index is 13.1. The summed E-state index contributed by atoms with van der Waals surface area (Å²) in [5, 5.41) is -0.187. The van der Waals surface area contributed by atoms with Crippen LogP contribution in [0, 0.1) is 11.7 Å². The lowest BCUT2D eigenvalue weighted by Gasteiger charge is -2.31. The van der Waals surface area contributed by atoms with Crippen LogP contribution in [-0.2, 0) is 10.0 Å². The first-order valence-electron chi connectivity index (χ1n) is 7.09. The van der Waals surface area contributed by atoms with E-state index in [1.54, 1.807) is 0 Å². The van der Waals surface area contributed by atoms with Gasteiger partial charge in [-0.25, -0.2) is 17.5 Å². The van der Waals surface area contributed by atoms with Crippen molar-refractivity contribution in [2.24, 2.45) is 5.92 Å². The Morgan fingerprint density at radius 1 is 1.48 bits per heavy atom. The van der Waals surface area contributed by atoms with Crippen LogP contribution in [0.15, 0.2) is 23.1 Å². The molecule has 1 saturated heterocycles. The quantitative estimate of drug-likeness (QED) is 0.900. The first-order valence-corrected chi connectivity index (χ1v) is 8.95. The van der Waals surface area contributed by atoms with Gasteiger partial charge in [-0.15, -0.1) is 0 Å². The molecule has 1 heterocycles. The second kappa shape index (κ2) is 7.05. The van der Waals surface area contributed by atoms with E-state index in [0.29, 0.717) is 12.5 Å². The van der Waals surface area contributed by atoms with Gasteiger partial charge in [0.1, 0.15) is 5.82 Å². The molecule has 1 N–H and O–H groups in total. The highest BCUT2D eigenvalue weighted by Gasteiger charge is 2.22. The minimum absolute atomic E-state index is 0.00272. The van der Waals surface area contributed by atoms with Gasteiger partial charge < -0.3 is 4.90 Å². The van der Waals surface area contributed by atoms with Gasteiger partial charge >= 0.3 is 0 Å². The first kappa shape index (κ1) is 16.7. The van der Waals surface area contributed by atoms with Crippen LogP contribution in [0.5, 0.6) is 0 Å². The molecule has 1 fully saturated rings. The zero-order valence-electron chi connectivity index (χ0n) is 12.0. The van der Waals surface area contributed by atoms with E-state index in [9.17, 15) is 12.8 Å². The fourth-order valence-electron chi connectivity index (χ4n) is 2.56. The zero-order chi connectivity index (χ0) is 15.5. The number of halogens is 2. The lowest BCUT2D eigenvalue weighted by molar-refractivity contribution is 0.184. The van der Waals surface area contributed by atoms with Gasteiger partial charge in [0.25, 0.3) is 0 Å². The number of nitrogens with zero attached hydrogens (tertiary/aromatic N) is 1. The number of piperidine rings is 1. The zero-order valence-corrected chi connectivity index (χ0v) is 13.6. The normalized spacial score (nSPS) is 20.6. The summed E-state index contributed by atoms with van der Waals surface area (Å²) >= 11 is 5.63. The lowest BCUT2D eigenvalue weighted by Crippen LogP contribution is -2.40.